The first kappa shape index (κ1) is 12.7. The molecule has 1 amide bonds. The first-order valence-electron chi connectivity index (χ1n) is 6.08. The Morgan fingerprint density at radius 2 is 2.15 bits per heavy atom. The molecule has 6 heteroatoms. The summed E-state index contributed by atoms with van der Waals surface area (Å²) in [7, 11) is 0. The van der Waals surface area contributed by atoms with Gasteiger partial charge in [0.15, 0.2) is 11.5 Å². The molecule has 0 fully saturated rings. The number of ether oxygens (including phenoxy) is 2. The van der Waals surface area contributed by atoms with Gasteiger partial charge in [-0.3, -0.25) is 4.79 Å². The normalized spacial score (nSPS) is 12.2. The lowest BCUT2D eigenvalue weighted by Crippen LogP contribution is -2.23. The maximum Gasteiger partial charge on any atom is 0.254 e. The summed E-state index contributed by atoms with van der Waals surface area (Å²) >= 11 is 5.07. The summed E-state index contributed by atoms with van der Waals surface area (Å²) in [4.78, 5) is 14.8. The molecule has 3 rings (SSSR count). The average Bonchev–Trinajstić information content (AvgIpc) is 2.92. The van der Waals surface area contributed by atoms with E-state index in [1.165, 1.54) is 0 Å². The molecule has 0 saturated carbocycles. The largest absolute Gasteiger partial charge is 0.454 e. The Labute approximate surface area is 120 Å². The lowest BCUT2D eigenvalue weighted by molar-refractivity contribution is 0.0950. The summed E-state index contributed by atoms with van der Waals surface area (Å²) in [5.74, 6) is 1.23. The Morgan fingerprint density at radius 3 is 3.00 bits per heavy atom. The van der Waals surface area contributed by atoms with Crippen molar-refractivity contribution in [3.05, 3.63) is 52.3 Å². The second-order valence-corrected chi connectivity index (χ2v) is 4.69. The number of aromatic nitrogens is 1. The van der Waals surface area contributed by atoms with Crippen LogP contribution in [0.25, 0.3) is 0 Å². The lowest BCUT2D eigenvalue weighted by atomic mass is 10.2. The molecule has 20 heavy (non-hydrogen) atoms. The lowest BCUT2D eigenvalue weighted by Gasteiger charge is -2.06. The van der Waals surface area contributed by atoms with Crippen LogP contribution in [0.3, 0.4) is 0 Å². The van der Waals surface area contributed by atoms with E-state index in [9.17, 15) is 4.79 Å². The summed E-state index contributed by atoms with van der Waals surface area (Å²) in [5, 5.41) is 2.83. The van der Waals surface area contributed by atoms with Crippen LogP contribution in [0.2, 0.25) is 0 Å². The van der Waals surface area contributed by atoms with Crippen LogP contribution in [0.4, 0.5) is 0 Å². The Kier molecular flexibility index (Phi) is 3.39. The van der Waals surface area contributed by atoms with E-state index in [-0.39, 0.29) is 12.7 Å². The summed E-state index contributed by atoms with van der Waals surface area (Å²) in [6, 6.07) is 9.01. The van der Waals surface area contributed by atoms with Crippen molar-refractivity contribution in [2.24, 2.45) is 0 Å². The topological polar surface area (TPSA) is 63.4 Å². The fraction of sp³-hybridized carbons (Fsp3) is 0.143. The number of hydrogen-bond acceptors (Lipinski definition) is 4. The highest BCUT2D eigenvalue weighted by Crippen LogP contribution is 2.32. The van der Waals surface area contributed by atoms with Crippen molar-refractivity contribution < 1.29 is 14.3 Å². The van der Waals surface area contributed by atoms with Crippen molar-refractivity contribution in [2.45, 2.75) is 6.54 Å². The van der Waals surface area contributed by atoms with E-state index in [0.717, 1.165) is 11.3 Å². The average molecular weight is 288 g/mol. The third kappa shape index (κ3) is 2.50. The summed E-state index contributed by atoms with van der Waals surface area (Å²) in [6.07, 6.45) is 1.69. The Morgan fingerprint density at radius 1 is 1.30 bits per heavy atom. The molecule has 1 aromatic carbocycles. The maximum absolute atomic E-state index is 12.0. The van der Waals surface area contributed by atoms with Gasteiger partial charge in [-0.1, -0.05) is 18.3 Å². The van der Waals surface area contributed by atoms with Gasteiger partial charge in [0.05, 0.1) is 5.56 Å². The summed E-state index contributed by atoms with van der Waals surface area (Å²) < 4.78 is 11.0. The second-order valence-electron chi connectivity index (χ2n) is 4.28. The van der Waals surface area contributed by atoms with Crippen molar-refractivity contribution in [3.63, 3.8) is 0 Å². The number of carbonyl (C=O) groups is 1. The first-order valence-corrected chi connectivity index (χ1v) is 6.49. The number of fused-ring (bicyclic) bond motifs is 1. The number of hydrogen-bond donors (Lipinski definition) is 2. The molecule has 0 bridgehead atoms. The van der Waals surface area contributed by atoms with Gasteiger partial charge >= 0.3 is 0 Å². The van der Waals surface area contributed by atoms with E-state index in [1.807, 2.05) is 18.2 Å². The van der Waals surface area contributed by atoms with Gasteiger partial charge in [-0.25, -0.2) is 0 Å². The second kappa shape index (κ2) is 5.34. The van der Waals surface area contributed by atoms with Crippen LogP contribution in [0.15, 0.2) is 36.5 Å². The Balaban J connectivity index is 1.69. The highest BCUT2D eigenvalue weighted by atomic mass is 32.1. The number of benzene rings is 1. The maximum atomic E-state index is 12.0. The van der Waals surface area contributed by atoms with E-state index in [1.54, 1.807) is 18.3 Å². The van der Waals surface area contributed by atoms with Gasteiger partial charge in [-0.05, 0) is 29.8 Å². The van der Waals surface area contributed by atoms with Crippen molar-refractivity contribution in [1.29, 1.82) is 0 Å². The minimum absolute atomic E-state index is 0.204. The van der Waals surface area contributed by atoms with Crippen LogP contribution in [0, 0.1) is 4.64 Å². The molecule has 1 aromatic heterocycles. The number of nitrogens with one attached hydrogen (secondary N) is 2. The number of carbonyl (C=O) groups excluding carboxylic acids is 1. The van der Waals surface area contributed by atoms with E-state index >= 15 is 0 Å². The fourth-order valence-corrected chi connectivity index (χ4v) is 2.16. The highest BCUT2D eigenvalue weighted by Gasteiger charge is 2.13. The molecule has 0 unspecified atom stereocenters. The van der Waals surface area contributed by atoms with E-state index in [2.05, 4.69) is 10.3 Å². The molecule has 0 radical (unpaired) electrons. The Bertz CT molecular complexity index is 712. The van der Waals surface area contributed by atoms with E-state index in [0.29, 0.717) is 22.5 Å². The number of amides is 1. The molecular formula is C14H12N2O3S. The van der Waals surface area contributed by atoms with Crippen LogP contribution in [0.1, 0.15) is 15.9 Å². The third-order valence-electron chi connectivity index (χ3n) is 2.95. The fourth-order valence-electron chi connectivity index (χ4n) is 1.93. The molecule has 0 saturated heterocycles. The minimum atomic E-state index is -0.204. The number of pyridine rings is 1. The van der Waals surface area contributed by atoms with Crippen LogP contribution in [0.5, 0.6) is 11.5 Å². The van der Waals surface area contributed by atoms with Gasteiger partial charge in [0.1, 0.15) is 4.64 Å². The zero-order chi connectivity index (χ0) is 13.9. The zero-order valence-electron chi connectivity index (χ0n) is 10.5. The number of aromatic amines is 1. The monoisotopic (exact) mass is 288 g/mol. The number of H-pyrrole nitrogens is 1. The summed E-state index contributed by atoms with van der Waals surface area (Å²) in [5.41, 5.74) is 1.40. The number of rotatable bonds is 3. The molecule has 102 valence electrons. The first-order chi connectivity index (χ1) is 9.74. The molecule has 2 aromatic rings. The molecule has 1 aliphatic heterocycles. The molecule has 0 atom stereocenters. The van der Waals surface area contributed by atoms with E-state index in [4.69, 9.17) is 21.7 Å². The van der Waals surface area contributed by atoms with Crippen molar-refractivity contribution >= 4 is 18.1 Å². The van der Waals surface area contributed by atoms with Gasteiger partial charge in [0.2, 0.25) is 6.79 Å². The molecule has 0 aliphatic carbocycles. The van der Waals surface area contributed by atoms with Gasteiger partial charge in [-0.15, -0.1) is 0 Å². The smallest absolute Gasteiger partial charge is 0.254 e. The summed E-state index contributed by atoms with van der Waals surface area (Å²) in [6.45, 7) is 0.642. The zero-order valence-corrected chi connectivity index (χ0v) is 11.3. The van der Waals surface area contributed by atoms with Crippen LogP contribution in [-0.2, 0) is 6.54 Å². The van der Waals surface area contributed by atoms with Crippen LogP contribution < -0.4 is 14.8 Å². The minimum Gasteiger partial charge on any atom is -0.454 e. The molecule has 5 nitrogen and oxygen atoms in total. The highest BCUT2D eigenvalue weighted by molar-refractivity contribution is 7.71. The van der Waals surface area contributed by atoms with Crippen molar-refractivity contribution in [2.75, 3.05) is 6.79 Å². The quantitative estimate of drug-likeness (QED) is 0.851. The van der Waals surface area contributed by atoms with Gasteiger partial charge in [0.25, 0.3) is 5.91 Å². The van der Waals surface area contributed by atoms with Crippen LogP contribution >= 0.6 is 12.2 Å². The molecule has 2 N–H and O–H groups in total. The molecular weight excluding hydrogens is 276 g/mol. The molecule has 0 spiro atoms. The van der Waals surface area contributed by atoms with Gasteiger partial charge < -0.3 is 19.8 Å². The van der Waals surface area contributed by atoms with Gasteiger partial charge in [-0.2, -0.15) is 0 Å². The third-order valence-corrected chi connectivity index (χ3v) is 3.29. The van der Waals surface area contributed by atoms with Crippen molar-refractivity contribution in [1.82, 2.24) is 10.3 Å². The predicted molar refractivity (Wildman–Crippen MR) is 75.4 cm³/mol. The SMILES string of the molecule is O=C(NCc1ccc2c(c1)OCO2)c1ccc[nH]c1=S. The molecule has 2 heterocycles. The van der Waals surface area contributed by atoms with Crippen molar-refractivity contribution in [3.8, 4) is 11.5 Å². The standard InChI is InChI=1S/C14H12N2O3S/c17-13(10-2-1-5-15-14(10)20)16-7-9-3-4-11-12(6-9)19-8-18-11/h1-6H,7-8H2,(H,15,20)(H,16,17). The Hall–Kier alpha value is -2.34. The predicted octanol–water partition coefficient (Wildman–Crippen LogP) is 2.40. The van der Waals surface area contributed by atoms with E-state index < -0.39 is 0 Å². The molecule has 1 aliphatic rings. The van der Waals surface area contributed by atoms with Crippen LogP contribution in [-0.4, -0.2) is 17.7 Å². The van der Waals surface area contributed by atoms with Gasteiger partial charge in [0, 0.05) is 12.7 Å².